The molecule has 1 heterocycles. The van der Waals surface area contributed by atoms with Gasteiger partial charge in [0.05, 0.1) is 11.0 Å². The van der Waals surface area contributed by atoms with Crippen LogP contribution in [0.4, 0.5) is 5.69 Å². The van der Waals surface area contributed by atoms with Crippen molar-refractivity contribution in [3.63, 3.8) is 0 Å². The van der Waals surface area contributed by atoms with Gasteiger partial charge in [-0.2, -0.15) is 0 Å². The lowest BCUT2D eigenvalue weighted by molar-refractivity contribution is -0.384. The molecule has 6 heteroatoms. The summed E-state index contributed by atoms with van der Waals surface area (Å²) < 4.78 is 0. The van der Waals surface area contributed by atoms with Crippen LogP contribution in [0.5, 0.6) is 0 Å². The molecule has 2 atom stereocenters. The Morgan fingerprint density at radius 3 is 1.93 bits per heavy atom. The first-order valence-corrected chi connectivity index (χ1v) is 8.79. The van der Waals surface area contributed by atoms with Crippen molar-refractivity contribution >= 4 is 17.4 Å². The van der Waals surface area contributed by atoms with E-state index in [2.05, 4.69) is 0 Å². The predicted octanol–water partition coefficient (Wildman–Crippen LogP) is 4.04. The SMILES string of the molecule is O=C(c1ccccc1)[C@@H]1[C@H](c2ccccc2)N1C(=O)c1ccc([N+](=O)[O-])cc1. The number of ketones is 1. The number of hydrogen-bond acceptors (Lipinski definition) is 4. The van der Waals surface area contributed by atoms with Gasteiger partial charge in [0.1, 0.15) is 6.04 Å². The van der Waals surface area contributed by atoms with E-state index in [-0.39, 0.29) is 23.4 Å². The highest BCUT2D eigenvalue weighted by atomic mass is 16.6. The molecule has 1 aliphatic rings. The fourth-order valence-corrected chi connectivity index (χ4v) is 3.39. The molecule has 0 aliphatic carbocycles. The highest BCUT2D eigenvalue weighted by Crippen LogP contribution is 2.45. The van der Waals surface area contributed by atoms with Gasteiger partial charge in [0.25, 0.3) is 11.6 Å². The van der Waals surface area contributed by atoms with Crippen molar-refractivity contribution in [1.29, 1.82) is 0 Å². The number of nitro groups is 1. The lowest BCUT2D eigenvalue weighted by atomic mass is 10.0. The first-order chi connectivity index (χ1) is 13.6. The molecule has 3 aromatic rings. The predicted molar refractivity (Wildman–Crippen MR) is 103 cm³/mol. The Bertz CT molecular complexity index is 1030. The molecule has 0 saturated carbocycles. The van der Waals surface area contributed by atoms with E-state index in [9.17, 15) is 19.7 Å². The Morgan fingerprint density at radius 2 is 1.36 bits per heavy atom. The quantitative estimate of drug-likeness (QED) is 0.293. The maximum Gasteiger partial charge on any atom is 0.269 e. The molecule has 4 rings (SSSR count). The highest BCUT2D eigenvalue weighted by molar-refractivity contribution is 6.08. The van der Waals surface area contributed by atoms with Crippen molar-refractivity contribution in [3.05, 3.63) is 112 Å². The minimum atomic E-state index is -0.590. The van der Waals surface area contributed by atoms with Gasteiger partial charge in [-0.3, -0.25) is 19.7 Å². The summed E-state index contributed by atoms with van der Waals surface area (Å²) in [4.78, 5) is 37.9. The summed E-state index contributed by atoms with van der Waals surface area (Å²) in [6.45, 7) is 0. The summed E-state index contributed by atoms with van der Waals surface area (Å²) in [6.07, 6.45) is 0. The lowest BCUT2D eigenvalue weighted by Crippen LogP contribution is -2.19. The number of hydrogen-bond donors (Lipinski definition) is 0. The molecule has 28 heavy (non-hydrogen) atoms. The average Bonchev–Trinajstić information content (AvgIpc) is 3.49. The normalized spacial score (nSPS) is 17.8. The van der Waals surface area contributed by atoms with Gasteiger partial charge in [0.15, 0.2) is 5.78 Å². The first kappa shape index (κ1) is 17.6. The number of nitro benzene ring substituents is 1. The standard InChI is InChI=1S/C22H16N2O4/c25-21(16-9-5-2-6-10-16)20-19(15-7-3-1-4-8-15)23(20)22(26)17-11-13-18(14-12-17)24(27)28/h1-14,19-20H/t19-,20-,23?/m0/s1. The Balaban J connectivity index is 1.65. The van der Waals surface area contributed by atoms with Crippen LogP contribution >= 0.6 is 0 Å². The molecule has 0 aromatic heterocycles. The van der Waals surface area contributed by atoms with Crippen LogP contribution < -0.4 is 0 Å². The topological polar surface area (TPSA) is 80.3 Å². The van der Waals surface area contributed by atoms with Crippen molar-refractivity contribution in [2.45, 2.75) is 12.1 Å². The Labute approximate surface area is 161 Å². The zero-order valence-corrected chi connectivity index (χ0v) is 14.8. The molecular weight excluding hydrogens is 356 g/mol. The lowest BCUT2D eigenvalue weighted by Gasteiger charge is -2.05. The summed E-state index contributed by atoms with van der Waals surface area (Å²) in [5, 5.41) is 10.8. The molecule has 1 amide bonds. The van der Waals surface area contributed by atoms with Gasteiger partial charge in [-0.25, -0.2) is 0 Å². The zero-order valence-electron chi connectivity index (χ0n) is 14.8. The summed E-state index contributed by atoms with van der Waals surface area (Å²) >= 11 is 0. The molecule has 6 nitrogen and oxygen atoms in total. The van der Waals surface area contributed by atoms with Gasteiger partial charge in [-0.15, -0.1) is 0 Å². The van der Waals surface area contributed by atoms with Crippen molar-refractivity contribution in [3.8, 4) is 0 Å². The zero-order chi connectivity index (χ0) is 19.7. The van der Waals surface area contributed by atoms with Gasteiger partial charge in [-0.05, 0) is 17.7 Å². The van der Waals surface area contributed by atoms with E-state index in [0.29, 0.717) is 11.1 Å². The summed E-state index contributed by atoms with van der Waals surface area (Å²) in [6, 6.07) is 22.8. The van der Waals surface area contributed by atoms with Crippen LogP contribution in [-0.2, 0) is 0 Å². The van der Waals surface area contributed by atoms with Gasteiger partial charge in [0, 0.05) is 23.3 Å². The van der Waals surface area contributed by atoms with E-state index in [1.165, 1.54) is 29.2 Å². The minimum absolute atomic E-state index is 0.0844. The second-order valence-electron chi connectivity index (χ2n) is 6.55. The Morgan fingerprint density at radius 1 is 0.786 bits per heavy atom. The highest BCUT2D eigenvalue weighted by Gasteiger charge is 2.56. The second kappa shape index (κ2) is 7.08. The molecule has 138 valence electrons. The second-order valence-corrected chi connectivity index (χ2v) is 6.55. The summed E-state index contributed by atoms with van der Waals surface area (Å²) in [5.74, 6) is -0.442. The third-order valence-corrected chi connectivity index (χ3v) is 4.84. The van der Waals surface area contributed by atoms with Crippen molar-refractivity contribution in [2.75, 3.05) is 0 Å². The number of amides is 1. The molecule has 1 fully saturated rings. The number of carbonyl (C=O) groups is 2. The van der Waals surface area contributed by atoms with E-state index in [1.807, 2.05) is 36.4 Å². The average molecular weight is 372 g/mol. The molecular formula is C22H16N2O4. The van der Waals surface area contributed by atoms with Crippen LogP contribution in [0, 0.1) is 10.1 Å². The van der Waals surface area contributed by atoms with Gasteiger partial charge < -0.3 is 4.90 Å². The van der Waals surface area contributed by atoms with Crippen molar-refractivity contribution < 1.29 is 14.5 Å². The fourth-order valence-electron chi connectivity index (χ4n) is 3.39. The summed E-state index contributed by atoms with van der Waals surface area (Å²) in [5.41, 5.74) is 1.66. The molecule has 0 bridgehead atoms. The van der Waals surface area contributed by atoms with Crippen LogP contribution in [-0.4, -0.2) is 27.6 Å². The third kappa shape index (κ3) is 3.16. The van der Waals surface area contributed by atoms with Crippen LogP contribution in [0.25, 0.3) is 0 Å². The van der Waals surface area contributed by atoms with E-state index in [0.717, 1.165) is 5.56 Å². The number of carbonyl (C=O) groups excluding carboxylic acids is 2. The fraction of sp³-hybridized carbons (Fsp3) is 0.0909. The van der Waals surface area contributed by atoms with Gasteiger partial charge >= 0.3 is 0 Å². The van der Waals surface area contributed by atoms with Crippen molar-refractivity contribution in [2.24, 2.45) is 0 Å². The number of nitrogens with zero attached hydrogens (tertiary/aromatic N) is 2. The van der Waals surface area contributed by atoms with Crippen LogP contribution in [0.15, 0.2) is 84.9 Å². The van der Waals surface area contributed by atoms with Crippen LogP contribution in [0.1, 0.15) is 32.3 Å². The number of Topliss-reactive ketones (excluding diaryl/α,β-unsaturated/α-hetero) is 1. The molecule has 1 saturated heterocycles. The number of benzene rings is 3. The number of non-ortho nitro benzene ring substituents is 1. The molecule has 0 unspecified atom stereocenters. The van der Waals surface area contributed by atoms with Crippen LogP contribution in [0.3, 0.4) is 0 Å². The van der Waals surface area contributed by atoms with E-state index >= 15 is 0 Å². The molecule has 1 aliphatic heterocycles. The smallest absolute Gasteiger partial charge is 0.269 e. The first-order valence-electron chi connectivity index (χ1n) is 8.79. The Hall–Kier alpha value is -3.80. The molecule has 3 aromatic carbocycles. The van der Waals surface area contributed by atoms with E-state index < -0.39 is 11.0 Å². The maximum atomic E-state index is 13.0. The van der Waals surface area contributed by atoms with Crippen LogP contribution in [0.2, 0.25) is 0 Å². The molecule has 0 N–H and O–H groups in total. The third-order valence-electron chi connectivity index (χ3n) is 4.84. The Kier molecular flexibility index (Phi) is 4.45. The molecule has 0 radical (unpaired) electrons. The molecule has 0 spiro atoms. The van der Waals surface area contributed by atoms with E-state index in [4.69, 9.17) is 0 Å². The van der Waals surface area contributed by atoms with E-state index in [1.54, 1.807) is 24.3 Å². The minimum Gasteiger partial charge on any atom is -0.316 e. The summed E-state index contributed by atoms with van der Waals surface area (Å²) in [7, 11) is 0. The van der Waals surface area contributed by atoms with Crippen molar-refractivity contribution in [1.82, 2.24) is 4.90 Å². The monoisotopic (exact) mass is 372 g/mol. The number of rotatable bonds is 5. The van der Waals surface area contributed by atoms with Gasteiger partial charge in [-0.1, -0.05) is 60.7 Å². The largest absolute Gasteiger partial charge is 0.316 e. The maximum absolute atomic E-state index is 13.0. The van der Waals surface area contributed by atoms with Gasteiger partial charge in [0.2, 0.25) is 0 Å².